The van der Waals surface area contributed by atoms with Crippen LogP contribution in [0.25, 0.3) is 22.3 Å². The lowest BCUT2D eigenvalue weighted by atomic mass is 9.86. The van der Waals surface area contributed by atoms with Crippen LogP contribution in [0.15, 0.2) is 23.0 Å². The van der Waals surface area contributed by atoms with Crippen LogP contribution in [0.4, 0.5) is 14.5 Å². The van der Waals surface area contributed by atoms with Crippen molar-refractivity contribution < 1.29 is 32.9 Å². The number of carbonyl (C=O) groups is 1. The number of fused-ring (bicyclic) bond motifs is 6. The van der Waals surface area contributed by atoms with Crippen molar-refractivity contribution >= 4 is 22.6 Å². The average molecular weight is 443 g/mol. The van der Waals surface area contributed by atoms with E-state index in [0.29, 0.717) is 22.3 Å². The van der Waals surface area contributed by atoms with Crippen LogP contribution >= 0.6 is 0 Å². The number of esters is 1. The summed E-state index contributed by atoms with van der Waals surface area (Å²) in [7, 11) is 0. The van der Waals surface area contributed by atoms with Gasteiger partial charge in [-0.1, -0.05) is 6.92 Å². The molecule has 0 bridgehead atoms. The molecule has 1 aromatic carbocycles. The third-order valence-corrected chi connectivity index (χ3v) is 6.22. The van der Waals surface area contributed by atoms with Gasteiger partial charge in [-0.3, -0.25) is 4.79 Å². The Morgan fingerprint density at radius 2 is 2.03 bits per heavy atom. The molecule has 0 radical (unpaired) electrons. The van der Waals surface area contributed by atoms with Crippen LogP contribution in [0.2, 0.25) is 0 Å². The highest BCUT2D eigenvalue weighted by molar-refractivity contribution is 5.98. The highest BCUT2D eigenvalue weighted by Gasteiger charge is 2.46. The number of anilines is 1. The van der Waals surface area contributed by atoms with Gasteiger partial charge < -0.3 is 29.6 Å². The molecule has 1 unspecified atom stereocenters. The number of ether oxygens (including phenoxy) is 3. The highest BCUT2D eigenvalue weighted by Crippen LogP contribution is 2.49. The van der Waals surface area contributed by atoms with E-state index in [1.54, 1.807) is 19.1 Å². The molecule has 3 N–H and O–H groups in total. The van der Waals surface area contributed by atoms with Gasteiger partial charge in [0.1, 0.15) is 6.61 Å². The van der Waals surface area contributed by atoms with Crippen LogP contribution in [0.5, 0.6) is 11.5 Å². The Hall–Kier alpha value is -3.73. The molecule has 0 saturated heterocycles. The zero-order chi connectivity index (χ0) is 22.6. The van der Waals surface area contributed by atoms with Gasteiger partial charge in [-0.2, -0.15) is 0 Å². The Balaban J connectivity index is 1.59. The molecule has 3 aliphatic rings. The second kappa shape index (κ2) is 5.74. The normalized spacial score (nSPS) is 21.8. The van der Waals surface area contributed by atoms with Crippen LogP contribution in [0, 0.1) is 0 Å². The fourth-order valence-corrected chi connectivity index (χ4v) is 4.55. The molecule has 3 aromatic rings. The number of benzene rings is 1. The number of aromatic nitrogens is 2. The zero-order valence-electron chi connectivity index (χ0n) is 16.6. The van der Waals surface area contributed by atoms with E-state index < -0.39 is 23.4 Å². The molecule has 2 aromatic heterocycles. The summed E-state index contributed by atoms with van der Waals surface area (Å²) in [5.74, 6) is -1.32. The lowest BCUT2D eigenvalue weighted by Gasteiger charge is -2.31. The molecule has 1 atom stereocenters. The van der Waals surface area contributed by atoms with Crippen molar-refractivity contribution in [2.75, 3.05) is 5.73 Å². The number of hydrogen-bond donors (Lipinski definition) is 2. The Bertz CT molecular complexity index is 1450. The van der Waals surface area contributed by atoms with Crippen molar-refractivity contribution in [3.63, 3.8) is 0 Å². The van der Waals surface area contributed by atoms with E-state index in [1.165, 1.54) is 10.6 Å². The summed E-state index contributed by atoms with van der Waals surface area (Å²) in [4.78, 5) is 30.0. The molecule has 11 heteroatoms. The SMILES string of the molecule is CCC1(O)C(=O)OCc2c1cc1n(c2=O)Cc2cc3c(N)c4c(cc3nc2-1)OC(F)(F)O4. The summed E-state index contributed by atoms with van der Waals surface area (Å²) in [6, 6.07) is 4.52. The van der Waals surface area contributed by atoms with E-state index in [0.717, 1.165) is 0 Å². The number of carbonyl (C=O) groups excluding carboxylic acids is 1. The molecule has 0 amide bonds. The van der Waals surface area contributed by atoms with Gasteiger partial charge in [-0.05, 0) is 18.6 Å². The molecule has 0 fully saturated rings. The Kier molecular flexibility index (Phi) is 3.41. The first-order valence-electron chi connectivity index (χ1n) is 9.82. The van der Waals surface area contributed by atoms with Crippen molar-refractivity contribution in [1.82, 2.24) is 9.55 Å². The second-order valence-corrected chi connectivity index (χ2v) is 7.95. The third-order valence-electron chi connectivity index (χ3n) is 6.22. The number of nitrogens with two attached hydrogens (primary N) is 1. The summed E-state index contributed by atoms with van der Waals surface area (Å²) < 4.78 is 42.6. The van der Waals surface area contributed by atoms with Crippen molar-refractivity contribution in [2.45, 2.75) is 38.4 Å². The number of alkyl halides is 2. The maximum atomic E-state index is 13.5. The standard InChI is InChI=1S/C21H15F2N3O6/c1-2-20(29)11-4-13-16-8(6-26(13)18(27)10(11)7-30-19(20)28)3-9-12(25-16)5-14-17(15(9)24)32-21(22,23)31-14/h3-5,29H,2,6-7,24H2,1H3. The van der Waals surface area contributed by atoms with Crippen molar-refractivity contribution in [3.05, 3.63) is 45.2 Å². The van der Waals surface area contributed by atoms with Crippen molar-refractivity contribution in [1.29, 1.82) is 0 Å². The molecule has 3 aliphatic heterocycles. The number of nitrogens with zero attached hydrogens (tertiary/aromatic N) is 2. The number of rotatable bonds is 1. The summed E-state index contributed by atoms with van der Waals surface area (Å²) in [6.07, 6.45) is -3.80. The van der Waals surface area contributed by atoms with E-state index in [2.05, 4.69) is 14.5 Å². The number of nitrogen functional groups attached to an aromatic ring is 1. The lowest BCUT2D eigenvalue weighted by molar-refractivity contribution is -0.286. The fraction of sp³-hybridized carbons (Fsp3) is 0.286. The first-order valence-corrected chi connectivity index (χ1v) is 9.82. The summed E-state index contributed by atoms with van der Waals surface area (Å²) in [5, 5.41) is 11.3. The molecule has 0 saturated carbocycles. The molecule has 5 heterocycles. The maximum absolute atomic E-state index is 13.5. The molecular weight excluding hydrogens is 428 g/mol. The number of pyridine rings is 2. The van der Waals surface area contributed by atoms with Gasteiger partial charge in [0.15, 0.2) is 17.1 Å². The number of halogens is 2. The topological polar surface area (TPSA) is 126 Å². The molecule has 164 valence electrons. The molecule has 6 rings (SSSR count). The van der Waals surface area contributed by atoms with E-state index in [1.807, 2.05) is 0 Å². The van der Waals surface area contributed by atoms with Gasteiger partial charge in [0, 0.05) is 22.6 Å². The minimum atomic E-state index is -3.82. The van der Waals surface area contributed by atoms with Gasteiger partial charge in [-0.15, -0.1) is 8.78 Å². The minimum absolute atomic E-state index is 0.0218. The fourth-order valence-electron chi connectivity index (χ4n) is 4.55. The largest absolute Gasteiger partial charge is 0.586 e. The molecule has 32 heavy (non-hydrogen) atoms. The van der Waals surface area contributed by atoms with E-state index in [-0.39, 0.29) is 53.4 Å². The van der Waals surface area contributed by atoms with Crippen LogP contribution in [-0.4, -0.2) is 26.9 Å². The first kappa shape index (κ1) is 19.0. The van der Waals surface area contributed by atoms with E-state index >= 15 is 0 Å². The average Bonchev–Trinajstić information content (AvgIpc) is 3.26. The lowest BCUT2D eigenvalue weighted by Crippen LogP contribution is -2.44. The number of hydrogen-bond acceptors (Lipinski definition) is 8. The number of aliphatic hydroxyl groups is 1. The van der Waals surface area contributed by atoms with Crippen LogP contribution in [0.3, 0.4) is 0 Å². The first-order chi connectivity index (χ1) is 15.1. The van der Waals surface area contributed by atoms with E-state index in [9.17, 15) is 23.5 Å². The van der Waals surface area contributed by atoms with Gasteiger partial charge in [-0.25, -0.2) is 9.78 Å². The minimum Gasteiger partial charge on any atom is -0.458 e. The zero-order valence-corrected chi connectivity index (χ0v) is 16.6. The highest BCUT2D eigenvalue weighted by atomic mass is 19.3. The predicted octanol–water partition coefficient (Wildman–Crippen LogP) is 1.98. The predicted molar refractivity (Wildman–Crippen MR) is 105 cm³/mol. The van der Waals surface area contributed by atoms with Crippen LogP contribution in [0.1, 0.15) is 30.0 Å². The van der Waals surface area contributed by atoms with E-state index in [4.69, 9.17) is 10.5 Å². The van der Waals surface area contributed by atoms with Gasteiger partial charge in [0.25, 0.3) is 5.56 Å². The molecule has 0 aliphatic carbocycles. The number of cyclic esters (lactones) is 1. The maximum Gasteiger partial charge on any atom is 0.586 e. The Morgan fingerprint density at radius 1 is 1.25 bits per heavy atom. The molecule has 9 nitrogen and oxygen atoms in total. The van der Waals surface area contributed by atoms with Crippen LogP contribution < -0.4 is 20.8 Å². The monoisotopic (exact) mass is 443 g/mol. The summed E-state index contributed by atoms with van der Waals surface area (Å²) in [5.41, 5.74) is 5.76. The Labute approximate surface area is 177 Å². The van der Waals surface area contributed by atoms with Gasteiger partial charge in [0.05, 0.1) is 34.7 Å². The molecule has 0 spiro atoms. The van der Waals surface area contributed by atoms with Gasteiger partial charge >= 0.3 is 12.3 Å². The quantitative estimate of drug-likeness (QED) is 0.338. The van der Waals surface area contributed by atoms with Crippen LogP contribution in [-0.2, 0) is 28.3 Å². The smallest absolute Gasteiger partial charge is 0.458 e. The van der Waals surface area contributed by atoms with Gasteiger partial charge in [0.2, 0.25) is 0 Å². The summed E-state index contributed by atoms with van der Waals surface area (Å²) >= 11 is 0. The second-order valence-electron chi connectivity index (χ2n) is 7.95. The van der Waals surface area contributed by atoms with Crippen molar-refractivity contribution in [2.24, 2.45) is 0 Å². The Morgan fingerprint density at radius 3 is 2.78 bits per heavy atom. The third kappa shape index (κ3) is 2.25. The van der Waals surface area contributed by atoms with Crippen molar-refractivity contribution in [3.8, 4) is 22.9 Å². The molecular formula is C21H15F2N3O6. The summed E-state index contributed by atoms with van der Waals surface area (Å²) in [6.45, 7) is 1.54.